The normalized spacial score (nSPS) is 14.8. The molecule has 13 aromatic carbocycles. The lowest BCUT2D eigenvalue weighted by atomic mass is 9.70. The Morgan fingerprint density at radius 1 is 0.346 bits per heavy atom. The number of para-hydroxylation sites is 2. The molecule has 0 bridgehead atoms. The molecule has 0 amide bonds. The summed E-state index contributed by atoms with van der Waals surface area (Å²) in [6, 6.07) is 34.4. The predicted octanol–water partition coefficient (Wildman–Crippen LogP) is 12.3. The van der Waals surface area contributed by atoms with Crippen LogP contribution in [-0.2, 0) is 12.8 Å². The molecular formula is C50H22N2. The van der Waals surface area contributed by atoms with Crippen molar-refractivity contribution in [1.29, 1.82) is 0 Å². The number of hydrogen-bond donors (Lipinski definition) is 0. The molecule has 16 rings (SSSR count). The molecule has 0 radical (unpaired) electrons. The van der Waals surface area contributed by atoms with E-state index >= 15 is 0 Å². The highest BCUT2D eigenvalue weighted by Gasteiger charge is 2.34. The van der Waals surface area contributed by atoms with Gasteiger partial charge in [-0.3, -0.25) is 0 Å². The summed E-state index contributed by atoms with van der Waals surface area (Å²) in [5.74, 6) is 0. The first kappa shape index (κ1) is 24.5. The molecule has 0 N–H and O–H groups in total. The fourth-order valence-electron chi connectivity index (χ4n) is 12.1. The quantitative estimate of drug-likeness (QED) is 0.121. The second kappa shape index (κ2) is 7.51. The Balaban J connectivity index is 1.39. The average Bonchev–Trinajstić information content (AvgIpc) is 3.20. The third-order valence-electron chi connectivity index (χ3n) is 13.8. The van der Waals surface area contributed by atoms with Crippen molar-refractivity contribution in [3.05, 3.63) is 119 Å². The maximum atomic E-state index is 5.41. The van der Waals surface area contributed by atoms with Crippen LogP contribution in [0.4, 0.5) is 0 Å². The molecule has 0 aliphatic heterocycles. The van der Waals surface area contributed by atoms with Gasteiger partial charge in [-0.2, -0.15) is 0 Å². The Bertz CT molecular complexity index is 4130. The molecule has 0 atom stereocenters. The number of allylic oxidation sites excluding steroid dienone is 1. The molecule has 1 heterocycles. The van der Waals surface area contributed by atoms with Gasteiger partial charge in [0.05, 0.1) is 22.1 Å². The van der Waals surface area contributed by atoms with Crippen molar-refractivity contribution >= 4 is 153 Å². The standard InChI is InChI=1S/C50H22N2/c1-2-16-34-33(15-1)51-49-31-19-17-29-27-13-5-11-25-23-9-3-7-21-22-8-4-10-24-26-12-6-14-28-30-18-20-32(50(49)52-34)42-40(30)48-46(38(26)28)44(36(22)24)43(35(21)23)45(37(25)27)47(48)39(29)41(31)42/h1-11,13-17,19-20H,12,18H2. The van der Waals surface area contributed by atoms with Gasteiger partial charge in [-0.05, 0) is 144 Å². The highest BCUT2D eigenvalue weighted by atomic mass is 14.8. The van der Waals surface area contributed by atoms with Gasteiger partial charge < -0.3 is 0 Å². The SMILES string of the molecule is C1=Cc2c3c4c5c(c6nc7ccccc7nc6c6ccc7c8cccc9c%10cccc%11c%12cccc%13c(c2c2c4c(c7c65)c(c98)c(c%11%10)c2c%13%12)C1)=CC3. The van der Waals surface area contributed by atoms with E-state index in [0.29, 0.717) is 0 Å². The van der Waals surface area contributed by atoms with Gasteiger partial charge in [0, 0.05) is 21.4 Å². The molecule has 52 heavy (non-hydrogen) atoms. The lowest BCUT2D eigenvalue weighted by molar-refractivity contribution is 1.29. The van der Waals surface area contributed by atoms with Crippen LogP contribution in [0.5, 0.6) is 0 Å². The van der Waals surface area contributed by atoms with Crippen LogP contribution in [0, 0.1) is 0 Å². The molecule has 0 saturated heterocycles. The summed E-state index contributed by atoms with van der Waals surface area (Å²) in [7, 11) is 0. The van der Waals surface area contributed by atoms with Gasteiger partial charge in [0.25, 0.3) is 0 Å². The summed E-state index contributed by atoms with van der Waals surface area (Å²) < 4.78 is 0. The number of fused-ring (bicyclic) bond motifs is 9. The lowest BCUT2D eigenvalue weighted by Crippen LogP contribution is -2.16. The number of rotatable bonds is 0. The number of aromatic nitrogens is 2. The first-order chi connectivity index (χ1) is 25.8. The zero-order chi connectivity index (χ0) is 32.9. The molecule has 2 aliphatic rings. The van der Waals surface area contributed by atoms with E-state index in [4.69, 9.17) is 9.97 Å². The summed E-state index contributed by atoms with van der Waals surface area (Å²) in [6.07, 6.45) is 9.22. The average molecular weight is 651 g/mol. The highest BCUT2D eigenvalue weighted by molar-refractivity contribution is 6.59. The fourth-order valence-corrected chi connectivity index (χ4v) is 12.1. The van der Waals surface area contributed by atoms with Crippen molar-refractivity contribution in [1.82, 2.24) is 9.97 Å². The summed E-state index contributed by atoms with van der Waals surface area (Å²) >= 11 is 0. The van der Waals surface area contributed by atoms with Crippen LogP contribution >= 0.6 is 0 Å². The largest absolute Gasteiger partial charge is 0.244 e. The molecule has 0 spiro atoms. The van der Waals surface area contributed by atoms with Crippen LogP contribution in [0.3, 0.4) is 0 Å². The maximum absolute atomic E-state index is 5.41. The van der Waals surface area contributed by atoms with Crippen molar-refractivity contribution in [2.45, 2.75) is 12.8 Å². The Kier molecular flexibility index (Phi) is 3.54. The third kappa shape index (κ3) is 2.24. The van der Waals surface area contributed by atoms with Crippen molar-refractivity contribution in [2.24, 2.45) is 0 Å². The lowest BCUT2D eigenvalue weighted by Gasteiger charge is -2.32. The van der Waals surface area contributed by atoms with Gasteiger partial charge in [0.1, 0.15) is 0 Å². The Morgan fingerprint density at radius 3 is 1.56 bits per heavy atom. The fraction of sp³-hybridized carbons (Fsp3) is 0.0400. The van der Waals surface area contributed by atoms with Gasteiger partial charge in [-0.25, -0.2) is 9.97 Å². The van der Waals surface area contributed by atoms with E-state index in [1.54, 1.807) is 0 Å². The Hall–Kier alpha value is -6.64. The molecule has 2 nitrogen and oxygen atoms in total. The molecule has 0 fully saturated rings. The van der Waals surface area contributed by atoms with Crippen LogP contribution in [-0.4, -0.2) is 9.97 Å². The second-order valence-corrected chi connectivity index (χ2v) is 15.7. The molecule has 14 aromatic rings. The van der Waals surface area contributed by atoms with E-state index < -0.39 is 0 Å². The summed E-state index contributed by atoms with van der Waals surface area (Å²) in [6.45, 7) is 0. The highest BCUT2D eigenvalue weighted by Crippen LogP contribution is 2.60. The zero-order valence-corrected chi connectivity index (χ0v) is 27.7. The van der Waals surface area contributed by atoms with Crippen molar-refractivity contribution in [3.8, 4) is 0 Å². The molecule has 2 aliphatic carbocycles. The van der Waals surface area contributed by atoms with Crippen LogP contribution in [0.2, 0.25) is 0 Å². The van der Waals surface area contributed by atoms with Crippen LogP contribution in [0.1, 0.15) is 16.7 Å². The van der Waals surface area contributed by atoms with Gasteiger partial charge in [0.2, 0.25) is 0 Å². The minimum Gasteiger partial charge on any atom is -0.244 e. The number of benzene rings is 13. The minimum atomic E-state index is 0.885. The Labute approximate surface area is 293 Å². The van der Waals surface area contributed by atoms with E-state index in [1.807, 2.05) is 0 Å². The molecule has 1 aromatic heterocycles. The van der Waals surface area contributed by atoms with Crippen LogP contribution < -0.4 is 5.22 Å². The molecule has 2 heteroatoms. The molecule has 0 unspecified atom stereocenters. The first-order valence-corrected chi connectivity index (χ1v) is 18.5. The Morgan fingerprint density at radius 2 is 0.865 bits per heavy atom. The number of nitrogens with zero attached hydrogens (tertiary/aromatic N) is 2. The van der Waals surface area contributed by atoms with Crippen LogP contribution in [0.25, 0.3) is 153 Å². The summed E-state index contributed by atoms with van der Waals surface area (Å²) in [4.78, 5) is 10.8. The van der Waals surface area contributed by atoms with Crippen molar-refractivity contribution in [3.63, 3.8) is 0 Å². The summed E-state index contributed by atoms with van der Waals surface area (Å²) in [5, 5.41) is 32.3. The summed E-state index contributed by atoms with van der Waals surface area (Å²) in [5.41, 5.74) is 8.35. The topological polar surface area (TPSA) is 25.8 Å². The van der Waals surface area contributed by atoms with E-state index in [1.165, 1.54) is 140 Å². The van der Waals surface area contributed by atoms with E-state index in [9.17, 15) is 0 Å². The minimum absolute atomic E-state index is 0.885. The van der Waals surface area contributed by atoms with Crippen LogP contribution in [0.15, 0.2) is 97.1 Å². The van der Waals surface area contributed by atoms with E-state index in [2.05, 4.69) is 109 Å². The first-order valence-electron chi connectivity index (χ1n) is 18.5. The monoisotopic (exact) mass is 650 g/mol. The van der Waals surface area contributed by atoms with Crippen molar-refractivity contribution < 1.29 is 0 Å². The second-order valence-electron chi connectivity index (χ2n) is 15.7. The van der Waals surface area contributed by atoms with E-state index in [0.717, 1.165) is 34.9 Å². The third-order valence-corrected chi connectivity index (χ3v) is 13.8. The smallest absolute Gasteiger partial charge is 0.0979 e. The maximum Gasteiger partial charge on any atom is 0.0979 e. The van der Waals surface area contributed by atoms with Gasteiger partial charge in [-0.15, -0.1) is 0 Å². The number of hydrogen-bond acceptors (Lipinski definition) is 2. The molecular weight excluding hydrogens is 629 g/mol. The van der Waals surface area contributed by atoms with Gasteiger partial charge in [-0.1, -0.05) is 97.1 Å². The molecule has 232 valence electrons. The molecule has 0 saturated carbocycles. The predicted molar refractivity (Wildman–Crippen MR) is 222 cm³/mol. The van der Waals surface area contributed by atoms with E-state index in [-0.39, 0.29) is 0 Å². The zero-order valence-electron chi connectivity index (χ0n) is 27.7. The van der Waals surface area contributed by atoms with Gasteiger partial charge in [0.15, 0.2) is 0 Å². The van der Waals surface area contributed by atoms with Gasteiger partial charge >= 0.3 is 0 Å². The van der Waals surface area contributed by atoms with Crippen molar-refractivity contribution in [2.75, 3.05) is 0 Å².